The molecule has 1 fully saturated rings. The topological polar surface area (TPSA) is 29.3 Å². The average molecular weight is 260 g/mol. The van der Waals surface area contributed by atoms with Crippen LogP contribution in [0.15, 0.2) is 30.3 Å². The molecule has 0 bridgehead atoms. The van der Waals surface area contributed by atoms with E-state index in [9.17, 15) is 0 Å². The van der Waals surface area contributed by atoms with E-state index < -0.39 is 0 Å². The molecule has 2 nitrogen and oxygen atoms in total. The van der Waals surface area contributed by atoms with Gasteiger partial charge in [-0.1, -0.05) is 30.3 Å². The molecular weight excluding hydrogens is 232 g/mol. The fourth-order valence-corrected chi connectivity index (χ4v) is 2.81. The van der Waals surface area contributed by atoms with E-state index in [4.69, 9.17) is 5.73 Å². The van der Waals surface area contributed by atoms with E-state index in [0.717, 1.165) is 18.9 Å². The number of hydrogen-bond donors (Lipinski definition) is 1. The molecule has 19 heavy (non-hydrogen) atoms. The van der Waals surface area contributed by atoms with Gasteiger partial charge in [0.15, 0.2) is 0 Å². The minimum atomic E-state index is -0.0269. The highest BCUT2D eigenvalue weighted by atomic mass is 15.1. The van der Waals surface area contributed by atoms with Gasteiger partial charge in [0.25, 0.3) is 0 Å². The molecule has 1 heterocycles. The Bertz CT molecular complexity index is 359. The minimum Gasteiger partial charge on any atom is -0.326 e. The predicted molar refractivity (Wildman–Crippen MR) is 82.2 cm³/mol. The third kappa shape index (κ3) is 5.33. The lowest BCUT2D eigenvalue weighted by Gasteiger charge is -2.33. The third-order valence-electron chi connectivity index (χ3n) is 4.15. The third-order valence-corrected chi connectivity index (χ3v) is 4.15. The zero-order valence-corrected chi connectivity index (χ0v) is 12.4. The normalized spacial score (nSPS) is 18.7. The number of hydrogen-bond acceptors (Lipinski definition) is 2. The number of likely N-dealkylation sites (tertiary alicyclic amines) is 1. The molecule has 1 aliphatic rings. The van der Waals surface area contributed by atoms with Crippen molar-refractivity contribution in [1.82, 2.24) is 4.90 Å². The first kappa shape index (κ1) is 14.5. The van der Waals surface area contributed by atoms with Crippen LogP contribution in [-0.4, -0.2) is 30.1 Å². The van der Waals surface area contributed by atoms with Gasteiger partial charge in [-0.05, 0) is 70.6 Å². The zero-order chi connectivity index (χ0) is 13.7. The van der Waals surface area contributed by atoms with E-state index in [1.807, 2.05) is 0 Å². The Labute approximate surface area is 118 Å². The largest absolute Gasteiger partial charge is 0.326 e. The first-order valence-electron chi connectivity index (χ1n) is 7.58. The van der Waals surface area contributed by atoms with Crippen LogP contribution in [0, 0.1) is 5.92 Å². The van der Waals surface area contributed by atoms with Gasteiger partial charge < -0.3 is 10.6 Å². The Morgan fingerprint density at radius 1 is 1.16 bits per heavy atom. The summed E-state index contributed by atoms with van der Waals surface area (Å²) in [5.41, 5.74) is 7.52. The van der Waals surface area contributed by atoms with Crippen LogP contribution in [0.2, 0.25) is 0 Å². The summed E-state index contributed by atoms with van der Waals surface area (Å²) in [5.74, 6) is 0.865. The Morgan fingerprint density at radius 2 is 1.79 bits per heavy atom. The van der Waals surface area contributed by atoms with Crippen LogP contribution in [0.3, 0.4) is 0 Å². The summed E-state index contributed by atoms with van der Waals surface area (Å²) in [5, 5.41) is 0. The van der Waals surface area contributed by atoms with Crippen LogP contribution in [0.4, 0.5) is 0 Å². The van der Waals surface area contributed by atoms with Gasteiger partial charge in [0, 0.05) is 5.54 Å². The van der Waals surface area contributed by atoms with Crippen molar-refractivity contribution in [3.05, 3.63) is 35.9 Å². The van der Waals surface area contributed by atoms with Crippen molar-refractivity contribution in [3.63, 3.8) is 0 Å². The van der Waals surface area contributed by atoms with Gasteiger partial charge in [-0.2, -0.15) is 0 Å². The van der Waals surface area contributed by atoms with E-state index in [0.29, 0.717) is 0 Å². The van der Waals surface area contributed by atoms with E-state index in [2.05, 4.69) is 49.1 Å². The van der Waals surface area contributed by atoms with E-state index in [1.165, 1.54) is 37.9 Å². The smallest absolute Gasteiger partial charge is 0.0109 e. The molecule has 1 aromatic carbocycles. The number of piperidine rings is 1. The standard InChI is InChI=1S/C17H28N2/c1-17(2,18)10-13-19-11-8-16(9-12-19)14-15-6-4-3-5-7-15/h3-7,16H,8-14,18H2,1-2H3. The molecule has 0 radical (unpaired) electrons. The SMILES string of the molecule is CC(C)(N)CCN1CCC(Cc2ccccc2)CC1. The summed E-state index contributed by atoms with van der Waals surface area (Å²) >= 11 is 0. The average Bonchev–Trinajstić information content (AvgIpc) is 2.38. The molecule has 2 N–H and O–H groups in total. The number of benzene rings is 1. The summed E-state index contributed by atoms with van der Waals surface area (Å²) in [6, 6.07) is 10.9. The Hall–Kier alpha value is -0.860. The molecule has 0 aliphatic carbocycles. The van der Waals surface area contributed by atoms with E-state index >= 15 is 0 Å². The minimum absolute atomic E-state index is 0.0269. The van der Waals surface area contributed by atoms with Gasteiger partial charge >= 0.3 is 0 Å². The van der Waals surface area contributed by atoms with Gasteiger partial charge in [-0.25, -0.2) is 0 Å². The molecule has 1 saturated heterocycles. The number of nitrogens with two attached hydrogens (primary N) is 1. The highest BCUT2D eigenvalue weighted by Gasteiger charge is 2.20. The van der Waals surface area contributed by atoms with Crippen LogP contribution >= 0.6 is 0 Å². The summed E-state index contributed by atoms with van der Waals surface area (Å²) < 4.78 is 0. The van der Waals surface area contributed by atoms with Crippen LogP contribution in [0.5, 0.6) is 0 Å². The maximum Gasteiger partial charge on any atom is 0.0109 e. The summed E-state index contributed by atoms with van der Waals surface area (Å²) in [4.78, 5) is 2.58. The van der Waals surface area contributed by atoms with Gasteiger partial charge in [0.1, 0.15) is 0 Å². The zero-order valence-electron chi connectivity index (χ0n) is 12.4. The van der Waals surface area contributed by atoms with Gasteiger partial charge in [-0.15, -0.1) is 0 Å². The maximum absolute atomic E-state index is 6.06. The van der Waals surface area contributed by atoms with E-state index in [-0.39, 0.29) is 5.54 Å². The molecule has 0 spiro atoms. The van der Waals surface area contributed by atoms with Crippen molar-refractivity contribution < 1.29 is 0 Å². The molecule has 1 aliphatic heterocycles. The van der Waals surface area contributed by atoms with Crippen molar-refractivity contribution >= 4 is 0 Å². The lowest BCUT2D eigenvalue weighted by molar-refractivity contribution is 0.172. The molecule has 0 unspecified atom stereocenters. The fraction of sp³-hybridized carbons (Fsp3) is 0.647. The van der Waals surface area contributed by atoms with Crippen LogP contribution in [0.25, 0.3) is 0 Å². The lowest BCUT2D eigenvalue weighted by atomic mass is 9.90. The summed E-state index contributed by atoms with van der Waals surface area (Å²) in [6.45, 7) is 7.88. The van der Waals surface area contributed by atoms with Crippen molar-refractivity contribution in [3.8, 4) is 0 Å². The molecular formula is C17H28N2. The summed E-state index contributed by atoms with van der Waals surface area (Å²) in [6.07, 6.45) is 5.01. The summed E-state index contributed by atoms with van der Waals surface area (Å²) in [7, 11) is 0. The molecule has 1 aromatic rings. The highest BCUT2D eigenvalue weighted by molar-refractivity contribution is 5.15. The molecule has 2 rings (SSSR count). The van der Waals surface area contributed by atoms with Gasteiger partial charge in [0.2, 0.25) is 0 Å². The van der Waals surface area contributed by atoms with Crippen LogP contribution in [0.1, 0.15) is 38.7 Å². The van der Waals surface area contributed by atoms with Crippen molar-refractivity contribution in [2.45, 2.75) is 45.1 Å². The first-order valence-corrected chi connectivity index (χ1v) is 7.58. The van der Waals surface area contributed by atoms with Crippen molar-refractivity contribution in [2.75, 3.05) is 19.6 Å². The van der Waals surface area contributed by atoms with E-state index in [1.54, 1.807) is 0 Å². The second-order valence-electron chi connectivity index (χ2n) is 6.71. The highest BCUT2D eigenvalue weighted by Crippen LogP contribution is 2.22. The number of rotatable bonds is 5. The second-order valence-corrected chi connectivity index (χ2v) is 6.71. The second kappa shape index (κ2) is 6.53. The maximum atomic E-state index is 6.06. The lowest BCUT2D eigenvalue weighted by Crippen LogP contribution is -2.40. The van der Waals surface area contributed by atoms with Gasteiger partial charge in [-0.3, -0.25) is 0 Å². The molecule has 0 amide bonds. The monoisotopic (exact) mass is 260 g/mol. The molecule has 0 aromatic heterocycles. The quantitative estimate of drug-likeness (QED) is 0.881. The predicted octanol–water partition coefficient (Wildman–Crippen LogP) is 3.07. The van der Waals surface area contributed by atoms with Gasteiger partial charge in [0.05, 0.1) is 0 Å². The van der Waals surface area contributed by atoms with Crippen molar-refractivity contribution in [1.29, 1.82) is 0 Å². The molecule has 106 valence electrons. The van der Waals surface area contributed by atoms with Crippen molar-refractivity contribution in [2.24, 2.45) is 11.7 Å². The fourth-order valence-electron chi connectivity index (χ4n) is 2.81. The van der Waals surface area contributed by atoms with Crippen LogP contribution < -0.4 is 5.73 Å². The first-order chi connectivity index (χ1) is 9.03. The molecule has 0 saturated carbocycles. The Balaban J connectivity index is 1.71. The molecule has 0 atom stereocenters. The molecule has 2 heteroatoms. The van der Waals surface area contributed by atoms with Crippen LogP contribution in [-0.2, 0) is 6.42 Å². The Morgan fingerprint density at radius 3 is 2.37 bits per heavy atom. The number of nitrogens with zero attached hydrogens (tertiary/aromatic N) is 1. The Kier molecular flexibility index (Phi) is 5.00.